The van der Waals surface area contributed by atoms with Gasteiger partial charge in [-0.05, 0) is 31.0 Å². The summed E-state index contributed by atoms with van der Waals surface area (Å²) in [6.45, 7) is 2.12. The van der Waals surface area contributed by atoms with Gasteiger partial charge in [0.25, 0.3) is 0 Å². The van der Waals surface area contributed by atoms with Crippen molar-refractivity contribution in [2.75, 3.05) is 18.0 Å². The van der Waals surface area contributed by atoms with Crippen LogP contribution in [0.4, 0.5) is 5.95 Å². The summed E-state index contributed by atoms with van der Waals surface area (Å²) in [5.41, 5.74) is 1.79. The highest BCUT2D eigenvalue weighted by atomic mass is 15.3. The molecule has 0 saturated carbocycles. The van der Waals surface area contributed by atoms with Crippen molar-refractivity contribution in [2.24, 2.45) is 0 Å². The van der Waals surface area contributed by atoms with E-state index in [9.17, 15) is 0 Å². The Morgan fingerprint density at radius 3 is 2.53 bits per heavy atom. The van der Waals surface area contributed by atoms with Gasteiger partial charge in [0.05, 0.1) is 11.4 Å². The summed E-state index contributed by atoms with van der Waals surface area (Å²) in [5.74, 6) is 0.825. The number of anilines is 1. The number of hydrogen-bond acceptors (Lipinski definition) is 4. The lowest BCUT2D eigenvalue weighted by Crippen LogP contribution is -2.20. The van der Waals surface area contributed by atoms with E-state index in [1.165, 1.54) is 12.8 Å². The van der Waals surface area contributed by atoms with E-state index in [0.717, 1.165) is 30.4 Å². The minimum Gasteiger partial charge on any atom is -0.341 e. The molecule has 3 heterocycles. The van der Waals surface area contributed by atoms with Crippen LogP contribution in [0.3, 0.4) is 0 Å². The first-order valence-corrected chi connectivity index (χ1v) is 5.93. The molecule has 17 heavy (non-hydrogen) atoms. The molecule has 0 atom stereocenters. The second-order valence-corrected chi connectivity index (χ2v) is 4.15. The number of rotatable bonds is 2. The Morgan fingerprint density at radius 1 is 0.882 bits per heavy atom. The molecule has 1 saturated heterocycles. The third-order valence-electron chi connectivity index (χ3n) is 2.96. The summed E-state index contributed by atoms with van der Waals surface area (Å²) in [5, 5.41) is 0. The van der Waals surface area contributed by atoms with Crippen LogP contribution in [0.15, 0.2) is 36.7 Å². The molecule has 0 aliphatic carbocycles. The maximum Gasteiger partial charge on any atom is 0.225 e. The largest absolute Gasteiger partial charge is 0.341 e. The van der Waals surface area contributed by atoms with Crippen LogP contribution >= 0.6 is 0 Å². The van der Waals surface area contributed by atoms with Crippen molar-refractivity contribution in [3.05, 3.63) is 36.7 Å². The summed E-state index contributed by atoms with van der Waals surface area (Å²) in [6.07, 6.45) is 6.06. The smallest absolute Gasteiger partial charge is 0.225 e. The number of pyridine rings is 1. The molecule has 1 fully saturated rings. The van der Waals surface area contributed by atoms with Crippen molar-refractivity contribution in [1.29, 1.82) is 0 Å². The lowest BCUT2D eigenvalue weighted by atomic mass is 10.2. The Hall–Kier alpha value is -1.97. The van der Waals surface area contributed by atoms with Crippen molar-refractivity contribution in [2.45, 2.75) is 12.8 Å². The van der Waals surface area contributed by atoms with Crippen LogP contribution in [0.2, 0.25) is 0 Å². The standard InChI is InChI=1S/C13H14N4/c1-2-7-14-11(5-1)12-6-8-15-13(16-12)17-9-3-4-10-17/h1-2,5-8H,3-4,9-10H2. The first-order valence-electron chi connectivity index (χ1n) is 5.93. The molecule has 1 aliphatic heterocycles. The van der Waals surface area contributed by atoms with Crippen LogP contribution in [0.25, 0.3) is 11.4 Å². The molecule has 4 nitrogen and oxygen atoms in total. The van der Waals surface area contributed by atoms with E-state index in [4.69, 9.17) is 0 Å². The molecule has 0 unspecified atom stereocenters. The Kier molecular flexibility index (Phi) is 2.69. The van der Waals surface area contributed by atoms with Gasteiger partial charge in [0, 0.05) is 25.5 Å². The zero-order valence-electron chi connectivity index (χ0n) is 9.58. The van der Waals surface area contributed by atoms with Gasteiger partial charge < -0.3 is 4.90 Å². The maximum atomic E-state index is 4.58. The second kappa shape index (κ2) is 4.49. The van der Waals surface area contributed by atoms with Gasteiger partial charge in [-0.1, -0.05) is 6.07 Å². The summed E-state index contributed by atoms with van der Waals surface area (Å²) in [4.78, 5) is 15.4. The average Bonchev–Trinajstić information content (AvgIpc) is 2.94. The van der Waals surface area contributed by atoms with E-state index in [-0.39, 0.29) is 0 Å². The molecule has 0 bridgehead atoms. The molecular weight excluding hydrogens is 212 g/mol. The van der Waals surface area contributed by atoms with Crippen molar-refractivity contribution < 1.29 is 0 Å². The molecule has 2 aromatic rings. The van der Waals surface area contributed by atoms with Gasteiger partial charge in [0.2, 0.25) is 5.95 Å². The molecule has 0 N–H and O–H groups in total. The summed E-state index contributed by atoms with van der Waals surface area (Å²) in [6, 6.07) is 7.75. The van der Waals surface area contributed by atoms with Crippen molar-refractivity contribution >= 4 is 5.95 Å². The SMILES string of the molecule is c1ccc(-c2ccnc(N3CCCC3)n2)nc1. The molecule has 1 aliphatic rings. The van der Waals surface area contributed by atoms with E-state index in [1.54, 1.807) is 6.20 Å². The Balaban J connectivity index is 1.94. The Labute approximate surface area is 100 Å². The normalized spacial score (nSPS) is 15.2. The first kappa shape index (κ1) is 10.2. The highest BCUT2D eigenvalue weighted by Crippen LogP contribution is 2.19. The van der Waals surface area contributed by atoms with Crippen LogP contribution in [-0.4, -0.2) is 28.0 Å². The second-order valence-electron chi connectivity index (χ2n) is 4.15. The predicted molar refractivity (Wildman–Crippen MR) is 66.7 cm³/mol. The molecule has 0 radical (unpaired) electrons. The summed E-state index contributed by atoms with van der Waals surface area (Å²) in [7, 11) is 0. The molecule has 86 valence electrons. The van der Waals surface area contributed by atoms with Gasteiger partial charge in [-0.2, -0.15) is 0 Å². The average molecular weight is 226 g/mol. The highest BCUT2D eigenvalue weighted by Gasteiger charge is 2.15. The summed E-state index contributed by atoms with van der Waals surface area (Å²) < 4.78 is 0. The van der Waals surface area contributed by atoms with Crippen LogP contribution in [0, 0.1) is 0 Å². The number of hydrogen-bond donors (Lipinski definition) is 0. The molecule has 4 heteroatoms. The molecule has 3 rings (SSSR count). The van der Waals surface area contributed by atoms with Crippen molar-refractivity contribution in [3.8, 4) is 11.4 Å². The number of aromatic nitrogens is 3. The monoisotopic (exact) mass is 226 g/mol. The Bertz CT molecular complexity index is 492. The summed E-state index contributed by atoms with van der Waals surface area (Å²) >= 11 is 0. The molecule has 0 amide bonds. The quantitative estimate of drug-likeness (QED) is 0.786. The van der Waals surface area contributed by atoms with Crippen LogP contribution in [-0.2, 0) is 0 Å². The lowest BCUT2D eigenvalue weighted by Gasteiger charge is -2.15. The first-order chi connectivity index (χ1) is 8.43. The fourth-order valence-electron chi connectivity index (χ4n) is 2.07. The zero-order valence-corrected chi connectivity index (χ0v) is 9.58. The van der Waals surface area contributed by atoms with Crippen LogP contribution < -0.4 is 4.90 Å². The minimum absolute atomic E-state index is 0.825. The van der Waals surface area contributed by atoms with Gasteiger partial charge in [-0.3, -0.25) is 4.98 Å². The van der Waals surface area contributed by atoms with Gasteiger partial charge in [-0.15, -0.1) is 0 Å². The van der Waals surface area contributed by atoms with Gasteiger partial charge >= 0.3 is 0 Å². The highest BCUT2D eigenvalue weighted by molar-refractivity contribution is 5.55. The van der Waals surface area contributed by atoms with E-state index in [1.807, 2.05) is 30.5 Å². The third-order valence-corrected chi connectivity index (χ3v) is 2.96. The predicted octanol–water partition coefficient (Wildman–Crippen LogP) is 2.14. The third kappa shape index (κ3) is 2.11. The van der Waals surface area contributed by atoms with E-state index in [0.29, 0.717) is 0 Å². The molecule has 0 aromatic carbocycles. The van der Waals surface area contributed by atoms with E-state index >= 15 is 0 Å². The van der Waals surface area contributed by atoms with Crippen LogP contribution in [0.5, 0.6) is 0 Å². The minimum atomic E-state index is 0.825. The fourth-order valence-corrected chi connectivity index (χ4v) is 2.07. The van der Waals surface area contributed by atoms with E-state index < -0.39 is 0 Å². The van der Waals surface area contributed by atoms with Crippen molar-refractivity contribution in [1.82, 2.24) is 15.0 Å². The van der Waals surface area contributed by atoms with Gasteiger partial charge in [-0.25, -0.2) is 9.97 Å². The fraction of sp³-hybridized carbons (Fsp3) is 0.308. The molecule has 0 spiro atoms. The van der Waals surface area contributed by atoms with E-state index in [2.05, 4.69) is 19.9 Å². The number of nitrogens with zero attached hydrogens (tertiary/aromatic N) is 4. The zero-order chi connectivity index (χ0) is 11.5. The maximum absolute atomic E-state index is 4.58. The Morgan fingerprint density at radius 2 is 1.76 bits per heavy atom. The molecule has 2 aromatic heterocycles. The molecular formula is C13H14N4. The topological polar surface area (TPSA) is 41.9 Å². The van der Waals surface area contributed by atoms with Gasteiger partial charge in [0.1, 0.15) is 0 Å². The van der Waals surface area contributed by atoms with Gasteiger partial charge in [0.15, 0.2) is 0 Å². The van der Waals surface area contributed by atoms with Crippen molar-refractivity contribution in [3.63, 3.8) is 0 Å². The lowest BCUT2D eigenvalue weighted by molar-refractivity contribution is 0.899. The van der Waals surface area contributed by atoms with Crippen LogP contribution in [0.1, 0.15) is 12.8 Å².